The average molecular weight is 318 g/mol. The molecule has 1 heterocycles. The zero-order chi connectivity index (χ0) is 15.7. The number of fused-ring (bicyclic) bond motifs is 1. The summed E-state index contributed by atoms with van der Waals surface area (Å²) < 4.78 is 27.3. The minimum absolute atomic E-state index is 0.00477. The van der Waals surface area contributed by atoms with Crippen molar-refractivity contribution in [3.63, 3.8) is 0 Å². The molecule has 0 saturated carbocycles. The molecule has 0 aliphatic heterocycles. The van der Waals surface area contributed by atoms with Gasteiger partial charge in [0.15, 0.2) is 10.9 Å². The number of benzene rings is 2. The maximum absolute atomic E-state index is 13.5. The fourth-order valence-electron chi connectivity index (χ4n) is 2.00. The molecule has 112 valence electrons. The standard InChI is InChI=1S/C16H12F2N2OS/c1-9-2-3-10(6-12(9)18)14(21)8-19-16-20-13-5-4-11(17)7-15(13)22-16/h2-7H,8H2,1H3,(H,19,20). The molecule has 0 aliphatic carbocycles. The monoisotopic (exact) mass is 318 g/mol. The Labute approximate surface area is 129 Å². The Morgan fingerprint density at radius 3 is 2.82 bits per heavy atom. The predicted octanol–water partition coefficient (Wildman–Crippen LogP) is 4.18. The van der Waals surface area contributed by atoms with E-state index in [1.165, 1.54) is 29.5 Å². The summed E-state index contributed by atoms with van der Waals surface area (Å²) in [6, 6.07) is 8.72. The number of ketones is 1. The van der Waals surface area contributed by atoms with Crippen molar-refractivity contribution in [1.29, 1.82) is 0 Å². The first-order chi connectivity index (χ1) is 10.5. The van der Waals surface area contributed by atoms with Gasteiger partial charge in [0.1, 0.15) is 11.6 Å². The normalized spacial score (nSPS) is 10.9. The maximum Gasteiger partial charge on any atom is 0.184 e. The molecule has 0 atom stereocenters. The van der Waals surface area contributed by atoms with Gasteiger partial charge in [-0.1, -0.05) is 23.5 Å². The zero-order valence-corrected chi connectivity index (χ0v) is 12.5. The summed E-state index contributed by atoms with van der Waals surface area (Å²) in [5.74, 6) is -0.959. The van der Waals surface area contributed by atoms with Crippen molar-refractivity contribution in [2.24, 2.45) is 0 Å². The number of nitrogens with one attached hydrogen (secondary N) is 1. The van der Waals surface area contributed by atoms with Crippen LogP contribution in [0.15, 0.2) is 36.4 Å². The van der Waals surface area contributed by atoms with Crippen molar-refractivity contribution in [3.8, 4) is 0 Å². The van der Waals surface area contributed by atoms with Gasteiger partial charge in [0, 0.05) is 5.56 Å². The first kappa shape index (κ1) is 14.6. The minimum atomic E-state index is -0.402. The summed E-state index contributed by atoms with van der Waals surface area (Å²) >= 11 is 1.27. The first-order valence-electron chi connectivity index (χ1n) is 6.62. The Morgan fingerprint density at radius 1 is 1.23 bits per heavy atom. The number of aromatic nitrogens is 1. The summed E-state index contributed by atoms with van der Waals surface area (Å²) in [5.41, 5.74) is 1.48. The van der Waals surface area contributed by atoms with Crippen LogP contribution >= 0.6 is 11.3 Å². The van der Waals surface area contributed by atoms with Gasteiger partial charge in [-0.15, -0.1) is 0 Å². The molecule has 0 amide bonds. The highest BCUT2D eigenvalue weighted by atomic mass is 32.1. The maximum atomic E-state index is 13.5. The molecule has 0 fully saturated rings. The van der Waals surface area contributed by atoms with Gasteiger partial charge in [0.25, 0.3) is 0 Å². The number of carbonyl (C=O) groups is 1. The highest BCUT2D eigenvalue weighted by molar-refractivity contribution is 7.22. The van der Waals surface area contributed by atoms with Crippen LogP contribution in [0.4, 0.5) is 13.9 Å². The van der Waals surface area contributed by atoms with Gasteiger partial charge in [-0.2, -0.15) is 0 Å². The lowest BCUT2D eigenvalue weighted by molar-refractivity contribution is 0.101. The summed E-state index contributed by atoms with van der Waals surface area (Å²) in [7, 11) is 0. The van der Waals surface area contributed by atoms with Crippen molar-refractivity contribution in [3.05, 3.63) is 59.2 Å². The highest BCUT2D eigenvalue weighted by Gasteiger charge is 2.10. The lowest BCUT2D eigenvalue weighted by Gasteiger charge is -2.03. The minimum Gasteiger partial charge on any atom is -0.354 e. The fourth-order valence-corrected chi connectivity index (χ4v) is 2.88. The largest absolute Gasteiger partial charge is 0.354 e. The zero-order valence-electron chi connectivity index (χ0n) is 11.7. The average Bonchev–Trinajstić information content (AvgIpc) is 2.89. The Bertz CT molecular complexity index is 860. The molecule has 0 saturated heterocycles. The van der Waals surface area contributed by atoms with Crippen molar-refractivity contribution >= 4 is 32.5 Å². The van der Waals surface area contributed by atoms with E-state index in [0.29, 0.717) is 26.5 Å². The van der Waals surface area contributed by atoms with Crippen molar-refractivity contribution in [2.45, 2.75) is 6.92 Å². The molecule has 0 radical (unpaired) electrons. The van der Waals surface area contributed by atoms with Gasteiger partial charge in [0.05, 0.1) is 16.8 Å². The second-order valence-electron chi connectivity index (χ2n) is 4.87. The van der Waals surface area contributed by atoms with Crippen molar-refractivity contribution in [2.75, 3.05) is 11.9 Å². The number of aryl methyl sites for hydroxylation is 1. The van der Waals surface area contributed by atoms with E-state index in [4.69, 9.17) is 0 Å². The van der Waals surface area contributed by atoms with Crippen molar-refractivity contribution < 1.29 is 13.6 Å². The fraction of sp³-hybridized carbons (Fsp3) is 0.125. The van der Waals surface area contributed by atoms with Crippen LogP contribution in [0.2, 0.25) is 0 Å². The summed E-state index contributed by atoms with van der Waals surface area (Å²) in [6.07, 6.45) is 0. The lowest BCUT2D eigenvalue weighted by atomic mass is 10.1. The molecular weight excluding hydrogens is 306 g/mol. The number of rotatable bonds is 4. The van der Waals surface area contributed by atoms with E-state index in [2.05, 4.69) is 10.3 Å². The van der Waals surface area contributed by atoms with Crippen LogP contribution in [0, 0.1) is 18.6 Å². The second kappa shape index (κ2) is 5.81. The van der Waals surface area contributed by atoms with Crippen LogP contribution < -0.4 is 5.32 Å². The Morgan fingerprint density at radius 2 is 2.05 bits per heavy atom. The number of hydrogen-bond acceptors (Lipinski definition) is 4. The molecule has 22 heavy (non-hydrogen) atoms. The molecule has 0 spiro atoms. The third-order valence-corrected chi connectivity index (χ3v) is 4.22. The third-order valence-electron chi connectivity index (χ3n) is 3.24. The van der Waals surface area contributed by atoms with Gasteiger partial charge in [-0.25, -0.2) is 13.8 Å². The molecule has 3 aromatic rings. The molecule has 0 unspecified atom stereocenters. The van der Waals surface area contributed by atoms with E-state index in [1.54, 1.807) is 25.1 Å². The second-order valence-corrected chi connectivity index (χ2v) is 5.90. The molecule has 1 aromatic heterocycles. The summed E-state index contributed by atoms with van der Waals surface area (Å²) in [4.78, 5) is 16.3. The smallest absolute Gasteiger partial charge is 0.184 e. The summed E-state index contributed by atoms with van der Waals surface area (Å²) in [6.45, 7) is 1.65. The van der Waals surface area contributed by atoms with Gasteiger partial charge in [-0.05, 0) is 36.8 Å². The molecule has 0 bridgehead atoms. The van der Waals surface area contributed by atoms with E-state index in [-0.39, 0.29) is 18.1 Å². The van der Waals surface area contributed by atoms with Crippen LogP contribution in [-0.4, -0.2) is 17.3 Å². The Balaban J connectivity index is 1.72. The third kappa shape index (κ3) is 2.96. The van der Waals surface area contributed by atoms with Crippen LogP contribution in [0.3, 0.4) is 0 Å². The molecule has 1 N–H and O–H groups in total. The molecular formula is C16H12F2N2OS. The first-order valence-corrected chi connectivity index (χ1v) is 7.44. The van der Waals surface area contributed by atoms with Gasteiger partial charge >= 0.3 is 0 Å². The number of Topliss-reactive ketones (excluding diaryl/α,β-unsaturated/α-hetero) is 1. The van der Waals surface area contributed by atoms with E-state index in [9.17, 15) is 13.6 Å². The quantitative estimate of drug-likeness (QED) is 0.734. The van der Waals surface area contributed by atoms with Crippen LogP contribution in [0.5, 0.6) is 0 Å². The van der Waals surface area contributed by atoms with E-state index in [1.807, 2.05) is 0 Å². The topological polar surface area (TPSA) is 42.0 Å². The molecule has 2 aromatic carbocycles. The lowest BCUT2D eigenvalue weighted by Crippen LogP contribution is -2.14. The number of anilines is 1. The van der Waals surface area contributed by atoms with E-state index < -0.39 is 5.82 Å². The van der Waals surface area contributed by atoms with Gasteiger partial charge < -0.3 is 5.32 Å². The van der Waals surface area contributed by atoms with E-state index >= 15 is 0 Å². The Kier molecular flexibility index (Phi) is 3.85. The Hall–Kier alpha value is -2.34. The number of hydrogen-bond donors (Lipinski definition) is 1. The predicted molar refractivity (Wildman–Crippen MR) is 83.5 cm³/mol. The molecule has 0 aliphatic rings. The van der Waals surface area contributed by atoms with Gasteiger partial charge in [0.2, 0.25) is 0 Å². The number of halogens is 2. The molecule has 3 nitrogen and oxygen atoms in total. The summed E-state index contributed by atoms with van der Waals surface area (Å²) in [5, 5.41) is 3.43. The van der Waals surface area contributed by atoms with Gasteiger partial charge in [-0.3, -0.25) is 4.79 Å². The van der Waals surface area contributed by atoms with E-state index in [0.717, 1.165) is 0 Å². The molecule has 6 heteroatoms. The highest BCUT2D eigenvalue weighted by Crippen LogP contribution is 2.26. The van der Waals surface area contributed by atoms with Crippen molar-refractivity contribution in [1.82, 2.24) is 4.98 Å². The number of nitrogens with zero attached hydrogens (tertiary/aromatic N) is 1. The number of thiazole rings is 1. The van der Waals surface area contributed by atoms with Crippen LogP contribution in [0.1, 0.15) is 15.9 Å². The van der Waals surface area contributed by atoms with Crippen LogP contribution in [0.25, 0.3) is 10.2 Å². The molecule has 3 rings (SSSR count). The van der Waals surface area contributed by atoms with Crippen LogP contribution in [-0.2, 0) is 0 Å². The SMILES string of the molecule is Cc1ccc(C(=O)CNc2nc3ccc(F)cc3s2)cc1F. The number of carbonyl (C=O) groups excluding carboxylic acids is 1.